The summed E-state index contributed by atoms with van der Waals surface area (Å²) in [6.45, 7) is 4.29. The van der Waals surface area contributed by atoms with Crippen LogP contribution >= 0.6 is 0 Å². The van der Waals surface area contributed by atoms with E-state index in [0.717, 1.165) is 23.5 Å². The number of nitrogens with one attached hydrogen (secondary N) is 1. The number of benzene rings is 1. The van der Waals surface area contributed by atoms with E-state index in [-0.39, 0.29) is 10.8 Å². The predicted octanol–water partition coefficient (Wildman–Crippen LogP) is 2.27. The number of ether oxygens (including phenoxy) is 1. The molecular weight excluding hydrogens is 404 g/mol. The summed E-state index contributed by atoms with van der Waals surface area (Å²) >= 11 is 0. The Labute approximate surface area is 176 Å². The molecule has 0 unspecified atom stereocenters. The van der Waals surface area contributed by atoms with Crippen LogP contribution in [0.2, 0.25) is 0 Å². The third-order valence-corrected chi connectivity index (χ3v) is 7.22. The molecule has 1 aromatic heterocycles. The summed E-state index contributed by atoms with van der Waals surface area (Å²) in [5.74, 6) is 1.13. The Morgan fingerprint density at radius 2 is 1.93 bits per heavy atom. The first-order chi connectivity index (χ1) is 14.4. The molecule has 1 aliphatic carbocycles. The van der Waals surface area contributed by atoms with Crippen molar-refractivity contribution in [2.24, 2.45) is 5.92 Å². The Balaban J connectivity index is 1.39. The lowest BCUT2D eigenvalue weighted by atomic mass is 10.2. The quantitative estimate of drug-likeness (QED) is 0.680. The van der Waals surface area contributed by atoms with E-state index >= 15 is 0 Å². The summed E-state index contributed by atoms with van der Waals surface area (Å²) in [6.07, 6.45) is 7.29. The van der Waals surface area contributed by atoms with E-state index in [1.54, 1.807) is 36.5 Å². The normalized spacial score (nSPS) is 18.0. The molecule has 0 bridgehead atoms. The Kier molecular flexibility index (Phi) is 6.03. The minimum atomic E-state index is -3.52. The van der Waals surface area contributed by atoms with Gasteiger partial charge in [0.15, 0.2) is 0 Å². The van der Waals surface area contributed by atoms with E-state index in [0.29, 0.717) is 32.2 Å². The SMILES string of the molecule is Cc1cnn(CC2CC2)c1NC(=O)/C=C/c1ccc(S(=O)(=O)N2CCOCC2)cc1. The Hall–Kier alpha value is -2.49. The summed E-state index contributed by atoms with van der Waals surface area (Å²) in [7, 11) is -3.52. The van der Waals surface area contributed by atoms with Crippen molar-refractivity contribution in [3.8, 4) is 0 Å². The van der Waals surface area contributed by atoms with Gasteiger partial charge < -0.3 is 10.1 Å². The minimum absolute atomic E-state index is 0.241. The molecular formula is C21H26N4O4S. The molecule has 1 N–H and O–H groups in total. The zero-order valence-corrected chi connectivity index (χ0v) is 17.8. The number of carbonyl (C=O) groups excluding carboxylic acids is 1. The van der Waals surface area contributed by atoms with Gasteiger partial charge in [-0.25, -0.2) is 13.1 Å². The molecule has 0 radical (unpaired) electrons. The topological polar surface area (TPSA) is 93.5 Å². The number of morpholine rings is 1. The van der Waals surface area contributed by atoms with Gasteiger partial charge in [-0.05, 0) is 49.5 Å². The van der Waals surface area contributed by atoms with Crippen LogP contribution in [0.4, 0.5) is 5.82 Å². The van der Waals surface area contributed by atoms with E-state index < -0.39 is 10.0 Å². The molecule has 160 valence electrons. The zero-order valence-electron chi connectivity index (χ0n) is 17.0. The van der Waals surface area contributed by atoms with Crippen LogP contribution in [0.15, 0.2) is 41.4 Å². The van der Waals surface area contributed by atoms with Crippen molar-refractivity contribution in [2.45, 2.75) is 31.2 Å². The predicted molar refractivity (Wildman–Crippen MR) is 113 cm³/mol. The molecule has 0 spiro atoms. The number of hydrogen-bond donors (Lipinski definition) is 1. The van der Waals surface area contributed by atoms with E-state index in [1.165, 1.54) is 23.2 Å². The number of aromatic nitrogens is 2. The molecule has 9 heteroatoms. The second kappa shape index (κ2) is 8.71. The number of sulfonamides is 1. The second-order valence-corrected chi connectivity index (χ2v) is 9.65. The van der Waals surface area contributed by atoms with E-state index in [2.05, 4.69) is 10.4 Å². The van der Waals surface area contributed by atoms with Crippen LogP contribution in [-0.4, -0.2) is 54.7 Å². The number of amides is 1. The van der Waals surface area contributed by atoms with Crippen molar-refractivity contribution >= 4 is 27.8 Å². The first kappa shape index (κ1) is 20.8. The van der Waals surface area contributed by atoms with Crippen molar-refractivity contribution in [2.75, 3.05) is 31.6 Å². The first-order valence-electron chi connectivity index (χ1n) is 10.1. The maximum absolute atomic E-state index is 12.7. The smallest absolute Gasteiger partial charge is 0.249 e. The summed E-state index contributed by atoms with van der Waals surface area (Å²) < 4.78 is 33.8. The summed E-state index contributed by atoms with van der Waals surface area (Å²) in [4.78, 5) is 12.6. The average molecular weight is 431 g/mol. The molecule has 0 atom stereocenters. The number of carbonyl (C=O) groups is 1. The van der Waals surface area contributed by atoms with Crippen molar-refractivity contribution < 1.29 is 17.9 Å². The molecule has 2 aromatic rings. The number of anilines is 1. The standard InChI is InChI=1S/C21H26N4O4S/c1-16-14-22-25(15-18-2-3-18)21(16)23-20(26)9-6-17-4-7-19(8-5-17)30(27,28)24-10-12-29-13-11-24/h4-9,14,18H,2-3,10-13,15H2,1H3,(H,23,26)/b9-6+. The van der Waals surface area contributed by atoms with Gasteiger partial charge in [0.1, 0.15) is 5.82 Å². The lowest BCUT2D eigenvalue weighted by Crippen LogP contribution is -2.40. The van der Waals surface area contributed by atoms with Crippen LogP contribution in [0.3, 0.4) is 0 Å². The third kappa shape index (κ3) is 4.80. The van der Waals surface area contributed by atoms with Crippen molar-refractivity contribution in [3.05, 3.63) is 47.7 Å². The van der Waals surface area contributed by atoms with Crippen LogP contribution in [0.1, 0.15) is 24.0 Å². The largest absolute Gasteiger partial charge is 0.379 e. The lowest BCUT2D eigenvalue weighted by Gasteiger charge is -2.26. The molecule has 8 nitrogen and oxygen atoms in total. The molecule has 2 aliphatic rings. The van der Waals surface area contributed by atoms with Gasteiger partial charge in [0.2, 0.25) is 15.9 Å². The van der Waals surface area contributed by atoms with Crippen LogP contribution in [0.25, 0.3) is 6.08 Å². The van der Waals surface area contributed by atoms with Crippen molar-refractivity contribution in [1.82, 2.24) is 14.1 Å². The Morgan fingerprint density at radius 1 is 1.23 bits per heavy atom. The zero-order chi connectivity index (χ0) is 21.1. The maximum Gasteiger partial charge on any atom is 0.249 e. The number of nitrogens with zero attached hydrogens (tertiary/aromatic N) is 3. The van der Waals surface area contributed by atoms with E-state index in [1.807, 2.05) is 11.6 Å². The molecule has 1 aromatic carbocycles. The van der Waals surface area contributed by atoms with E-state index in [4.69, 9.17) is 4.74 Å². The van der Waals surface area contributed by atoms with Crippen LogP contribution in [0, 0.1) is 12.8 Å². The summed E-state index contributed by atoms with van der Waals surface area (Å²) in [5, 5.41) is 7.25. The van der Waals surface area contributed by atoms with Crippen LogP contribution in [-0.2, 0) is 26.1 Å². The lowest BCUT2D eigenvalue weighted by molar-refractivity contribution is -0.111. The number of rotatable bonds is 7. The van der Waals surface area contributed by atoms with Crippen molar-refractivity contribution in [1.29, 1.82) is 0 Å². The molecule has 1 saturated heterocycles. The monoisotopic (exact) mass is 430 g/mol. The highest BCUT2D eigenvalue weighted by atomic mass is 32.2. The van der Waals surface area contributed by atoms with Gasteiger partial charge in [0, 0.05) is 31.3 Å². The van der Waals surface area contributed by atoms with E-state index in [9.17, 15) is 13.2 Å². The maximum atomic E-state index is 12.7. The highest BCUT2D eigenvalue weighted by molar-refractivity contribution is 7.89. The Bertz CT molecular complexity index is 1030. The van der Waals surface area contributed by atoms with Gasteiger partial charge in [0.05, 0.1) is 24.3 Å². The van der Waals surface area contributed by atoms with Gasteiger partial charge in [-0.1, -0.05) is 12.1 Å². The van der Waals surface area contributed by atoms with Crippen LogP contribution < -0.4 is 5.32 Å². The number of aryl methyl sites for hydroxylation is 1. The van der Waals surface area contributed by atoms with Gasteiger partial charge in [-0.15, -0.1) is 0 Å². The molecule has 1 aliphatic heterocycles. The molecule has 2 heterocycles. The van der Waals surface area contributed by atoms with Gasteiger partial charge in [-0.2, -0.15) is 9.40 Å². The fraction of sp³-hybridized carbons (Fsp3) is 0.429. The van der Waals surface area contributed by atoms with Crippen LogP contribution in [0.5, 0.6) is 0 Å². The van der Waals surface area contributed by atoms with Gasteiger partial charge in [-0.3, -0.25) is 4.79 Å². The highest BCUT2D eigenvalue weighted by Crippen LogP contribution is 2.31. The molecule has 1 amide bonds. The molecule has 1 saturated carbocycles. The van der Waals surface area contributed by atoms with Gasteiger partial charge >= 0.3 is 0 Å². The highest BCUT2D eigenvalue weighted by Gasteiger charge is 2.26. The molecule has 4 rings (SSSR count). The molecule has 2 fully saturated rings. The number of hydrogen-bond acceptors (Lipinski definition) is 5. The second-order valence-electron chi connectivity index (χ2n) is 7.71. The Morgan fingerprint density at radius 3 is 2.60 bits per heavy atom. The summed E-state index contributed by atoms with van der Waals surface area (Å²) in [6, 6.07) is 6.52. The molecule has 30 heavy (non-hydrogen) atoms. The average Bonchev–Trinajstić information content (AvgIpc) is 3.52. The fourth-order valence-electron chi connectivity index (χ4n) is 3.34. The van der Waals surface area contributed by atoms with Gasteiger partial charge in [0.25, 0.3) is 0 Å². The third-order valence-electron chi connectivity index (χ3n) is 5.31. The first-order valence-corrected chi connectivity index (χ1v) is 11.6. The summed E-state index contributed by atoms with van der Waals surface area (Å²) in [5.41, 5.74) is 1.67. The fourth-order valence-corrected chi connectivity index (χ4v) is 4.75. The minimum Gasteiger partial charge on any atom is -0.379 e. The van der Waals surface area contributed by atoms with Crippen molar-refractivity contribution in [3.63, 3.8) is 0 Å².